The fourth-order valence-corrected chi connectivity index (χ4v) is 2.74. The molecule has 1 aromatic rings. The number of ether oxygens (including phenoxy) is 1. The molecule has 0 aromatic heterocycles. The van der Waals surface area contributed by atoms with Crippen LogP contribution in [0.4, 0.5) is 0 Å². The fraction of sp³-hybridized carbons (Fsp3) is 0.429. The van der Waals surface area contributed by atoms with Gasteiger partial charge in [-0.2, -0.15) is 0 Å². The lowest BCUT2D eigenvalue weighted by Gasteiger charge is -2.31. The molecule has 0 saturated carbocycles. The Labute approximate surface area is 125 Å². The van der Waals surface area contributed by atoms with Gasteiger partial charge in [-0.3, -0.25) is 9.59 Å². The van der Waals surface area contributed by atoms with Crippen LogP contribution in [0.25, 0.3) is 0 Å². The Balaban J connectivity index is 2.20. The van der Waals surface area contributed by atoms with E-state index in [1.54, 1.807) is 30.2 Å². The maximum absolute atomic E-state index is 12.5. The van der Waals surface area contributed by atoms with Crippen molar-refractivity contribution in [3.8, 4) is 5.75 Å². The minimum absolute atomic E-state index is 0.165. The number of carboxylic acids is 1. The van der Waals surface area contributed by atoms with Gasteiger partial charge in [0, 0.05) is 17.6 Å². The molecule has 1 amide bonds. The van der Waals surface area contributed by atoms with Gasteiger partial charge in [0.25, 0.3) is 5.91 Å². The SMILES string of the molecule is COc1ccc(Br)c(C(=O)N2CCC[C@@H](C(=O)O)C2)c1. The number of nitrogens with zero attached hydrogens (tertiary/aromatic N) is 1. The highest BCUT2D eigenvalue weighted by atomic mass is 79.9. The van der Waals surface area contributed by atoms with E-state index in [-0.39, 0.29) is 12.5 Å². The lowest BCUT2D eigenvalue weighted by molar-refractivity contribution is -0.143. The second-order valence-electron chi connectivity index (χ2n) is 4.77. The summed E-state index contributed by atoms with van der Waals surface area (Å²) in [7, 11) is 1.54. The van der Waals surface area contributed by atoms with Crippen LogP contribution in [0.2, 0.25) is 0 Å². The number of hydrogen-bond donors (Lipinski definition) is 1. The Morgan fingerprint density at radius 3 is 2.85 bits per heavy atom. The summed E-state index contributed by atoms with van der Waals surface area (Å²) in [5.41, 5.74) is 0.496. The largest absolute Gasteiger partial charge is 0.497 e. The predicted octanol–water partition coefficient (Wildman–Crippen LogP) is 2.39. The summed E-state index contributed by atoms with van der Waals surface area (Å²) < 4.78 is 5.80. The molecule has 1 aromatic carbocycles. The van der Waals surface area contributed by atoms with Gasteiger partial charge in [0.05, 0.1) is 18.6 Å². The van der Waals surface area contributed by atoms with Gasteiger partial charge in [0.1, 0.15) is 5.75 Å². The Kier molecular flexibility index (Phi) is 4.65. The van der Waals surface area contributed by atoms with E-state index in [1.807, 2.05) is 0 Å². The quantitative estimate of drug-likeness (QED) is 0.916. The minimum Gasteiger partial charge on any atom is -0.497 e. The van der Waals surface area contributed by atoms with Gasteiger partial charge in [-0.15, -0.1) is 0 Å². The summed E-state index contributed by atoms with van der Waals surface area (Å²) in [5, 5.41) is 9.08. The number of halogens is 1. The normalized spacial score (nSPS) is 18.7. The lowest BCUT2D eigenvalue weighted by atomic mass is 9.97. The van der Waals surface area contributed by atoms with Crippen LogP contribution in [0.3, 0.4) is 0 Å². The third kappa shape index (κ3) is 3.12. The molecule has 0 spiro atoms. The van der Waals surface area contributed by atoms with Crippen molar-refractivity contribution in [3.05, 3.63) is 28.2 Å². The zero-order chi connectivity index (χ0) is 14.7. The molecule has 6 heteroatoms. The molecule has 0 aliphatic carbocycles. The molecule has 20 heavy (non-hydrogen) atoms. The topological polar surface area (TPSA) is 66.8 Å². The first-order valence-corrected chi connectivity index (χ1v) is 7.18. The van der Waals surface area contributed by atoms with Gasteiger partial charge >= 0.3 is 5.97 Å². The highest BCUT2D eigenvalue weighted by Crippen LogP contribution is 2.26. The number of likely N-dealkylation sites (tertiary alicyclic amines) is 1. The van der Waals surface area contributed by atoms with Gasteiger partial charge in [0.2, 0.25) is 0 Å². The number of piperidine rings is 1. The molecule has 108 valence electrons. The number of benzene rings is 1. The van der Waals surface area contributed by atoms with Crippen LogP contribution in [0.1, 0.15) is 23.2 Å². The molecule has 1 aliphatic rings. The summed E-state index contributed by atoms with van der Waals surface area (Å²) in [6, 6.07) is 5.18. The van der Waals surface area contributed by atoms with Crippen LogP contribution < -0.4 is 4.74 Å². The lowest BCUT2D eigenvalue weighted by Crippen LogP contribution is -2.42. The van der Waals surface area contributed by atoms with Crippen molar-refractivity contribution >= 4 is 27.8 Å². The van der Waals surface area contributed by atoms with E-state index in [9.17, 15) is 9.59 Å². The van der Waals surface area contributed by atoms with Crippen LogP contribution in [-0.2, 0) is 4.79 Å². The molecule has 5 nitrogen and oxygen atoms in total. The highest BCUT2D eigenvalue weighted by Gasteiger charge is 2.29. The number of carbonyl (C=O) groups excluding carboxylic acids is 1. The van der Waals surface area contributed by atoms with E-state index in [0.717, 1.165) is 0 Å². The van der Waals surface area contributed by atoms with E-state index in [2.05, 4.69) is 15.9 Å². The van der Waals surface area contributed by atoms with Crippen molar-refractivity contribution in [2.24, 2.45) is 5.92 Å². The first-order valence-electron chi connectivity index (χ1n) is 6.38. The van der Waals surface area contributed by atoms with Crippen molar-refractivity contribution < 1.29 is 19.4 Å². The summed E-state index contributed by atoms with van der Waals surface area (Å²) in [6.07, 6.45) is 1.34. The monoisotopic (exact) mass is 341 g/mol. The molecular weight excluding hydrogens is 326 g/mol. The molecule has 0 unspecified atom stereocenters. The fourth-order valence-electron chi connectivity index (χ4n) is 2.33. The number of carboxylic acid groups (broad SMARTS) is 1. The maximum Gasteiger partial charge on any atom is 0.308 e. The molecule has 1 N–H and O–H groups in total. The molecule has 1 fully saturated rings. The van der Waals surface area contributed by atoms with Gasteiger partial charge in [0.15, 0.2) is 0 Å². The zero-order valence-corrected chi connectivity index (χ0v) is 12.7. The number of carbonyl (C=O) groups is 2. The molecule has 0 radical (unpaired) electrons. The Morgan fingerprint density at radius 1 is 1.45 bits per heavy atom. The van der Waals surface area contributed by atoms with Gasteiger partial charge in [-0.1, -0.05) is 0 Å². The first-order chi connectivity index (χ1) is 9.52. The number of rotatable bonds is 3. The summed E-state index contributed by atoms with van der Waals surface area (Å²) in [5.74, 6) is -0.880. The second-order valence-corrected chi connectivity index (χ2v) is 5.63. The average Bonchev–Trinajstić information content (AvgIpc) is 2.47. The van der Waals surface area contributed by atoms with E-state index < -0.39 is 11.9 Å². The van der Waals surface area contributed by atoms with Gasteiger partial charge in [-0.25, -0.2) is 0 Å². The minimum atomic E-state index is -0.841. The molecule has 1 saturated heterocycles. The zero-order valence-electron chi connectivity index (χ0n) is 11.1. The summed E-state index contributed by atoms with van der Waals surface area (Å²) in [4.78, 5) is 25.2. The first kappa shape index (κ1) is 14.8. The van der Waals surface area contributed by atoms with Crippen molar-refractivity contribution in [3.63, 3.8) is 0 Å². The molecule has 1 aliphatic heterocycles. The van der Waals surface area contributed by atoms with Crippen molar-refractivity contribution in [1.29, 1.82) is 0 Å². The van der Waals surface area contributed by atoms with Crippen molar-refractivity contribution in [1.82, 2.24) is 4.90 Å². The van der Waals surface area contributed by atoms with Crippen LogP contribution in [0, 0.1) is 5.92 Å². The Hall–Kier alpha value is -1.56. The molecule has 2 rings (SSSR count). The molecule has 1 atom stereocenters. The Bertz CT molecular complexity index is 532. The highest BCUT2D eigenvalue weighted by molar-refractivity contribution is 9.10. The van der Waals surface area contributed by atoms with Gasteiger partial charge in [-0.05, 0) is 47.0 Å². The number of hydrogen-bond acceptors (Lipinski definition) is 3. The molecular formula is C14H16BrNO4. The number of methoxy groups -OCH3 is 1. The predicted molar refractivity (Wildman–Crippen MR) is 77.0 cm³/mol. The van der Waals surface area contributed by atoms with E-state index >= 15 is 0 Å². The third-order valence-corrected chi connectivity index (χ3v) is 4.15. The van der Waals surface area contributed by atoms with Crippen LogP contribution >= 0.6 is 15.9 Å². The van der Waals surface area contributed by atoms with Crippen LogP contribution in [0.15, 0.2) is 22.7 Å². The van der Waals surface area contributed by atoms with Crippen LogP contribution in [0.5, 0.6) is 5.75 Å². The molecule has 0 bridgehead atoms. The van der Waals surface area contributed by atoms with E-state index in [4.69, 9.17) is 9.84 Å². The maximum atomic E-state index is 12.5. The summed E-state index contributed by atoms with van der Waals surface area (Å²) >= 11 is 3.35. The Morgan fingerprint density at radius 2 is 2.20 bits per heavy atom. The number of amides is 1. The van der Waals surface area contributed by atoms with E-state index in [1.165, 1.54) is 0 Å². The second kappa shape index (κ2) is 6.26. The third-order valence-electron chi connectivity index (χ3n) is 3.46. The van der Waals surface area contributed by atoms with Gasteiger partial charge < -0.3 is 14.7 Å². The van der Waals surface area contributed by atoms with Crippen molar-refractivity contribution in [2.75, 3.05) is 20.2 Å². The summed E-state index contributed by atoms with van der Waals surface area (Å²) in [6.45, 7) is 0.851. The smallest absolute Gasteiger partial charge is 0.308 e. The van der Waals surface area contributed by atoms with E-state index in [0.29, 0.717) is 35.2 Å². The molecule has 1 heterocycles. The average molecular weight is 342 g/mol. The standard InChI is InChI=1S/C14H16BrNO4/c1-20-10-4-5-12(15)11(7-10)13(17)16-6-2-3-9(8-16)14(18)19/h4-5,7,9H,2-3,6,8H2,1H3,(H,18,19)/t9-/m1/s1. The number of aliphatic carboxylic acids is 1. The van der Waals surface area contributed by atoms with Crippen LogP contribution in [-0.4, -0.2) is 42.1 Å². The van der Waals surface area contributed by atoms with Crippen molar-refractivity contribution in [2.45, 2.75) is 12.8 Å².